The van der Waals surface area contributed by atoms with Gasteiger partial charge in [0.2, 0.25) is 5.91 Å². The van der Waals surface area contributed by atoms with E-state index < -0.39 is 5.66 Å². The van der Waals surface area contributed by atoms with Gasteiger partial charge in [-0.05, 0) is 77.4 Å². The van der Waals surface area contributed by atoms with Crippen LogP contribution in [0.4, 0.5) is 0 Å². The first-order valence-corrected chi connectivity index (χ1v) is 13.4. The summed E-state index contributed by atoms with van der Waals surface area (Å²) in [4.78, 5) is 27.3. The number of amides is 1. The third kappa shape index (κ3) is 7.40. The number of carbonyl (C=O) groups is 2. The number of methoxy groups -OCH3 is 1. The number of rotatable bonds is 6. The van der Waals surface area contributed by atoms with E-state index >= 15 is 0 Å². The van der Waals surface area contributed by atoms with Crippen LogP contribution in [0.3, 0.4) is 0 Å². The molecule has 0 bridgehead atoms. The quantitative estimate of drug-likeness (QED) is 0.400. The highest BCUT2D eigenvalue weighted by Crippen LogP contribution is 2.35. The smallest absolute Gasteiger partial charge is 0.337 e. The van der Waals surface area contributed by atoms with Crippen LogP contribution in [0.2, 0.25) is 0 Å². The third-order valence-corrected chi connectivity index (χ3v) is 8.34. The van der Waals surface area contributed by atoms with E-state index in [2.05, 4.69) is 55.9 Å². The molecule has 1 aliphatic rings. The lowest BCUT2D eigenvalue weighted by Crippen LogP contribution is -2.47. The van der Waals surface area contributed by atoms with E-state index in [1.54, 1.807) is 23.5 Å². The van der Waals surface area contributed by atoms with Gasteiger partial charge >= 0.3 is 5.97 Å². The van der Waals surface area contributed by atoms with E-state index in [0.717, 1.165) is 26.6 Å². The van der Waals surface area contributed by atoms with Crippen LogP contribution in [0.1, 0.15) is 81.7 Å². The van der Waals surface area contributed by atoms with Crippen LogP contribution >= 0.6 is 27.3 Å². The molecule has 1 fully saturated rings. The number of nitrogens with one attached hydrogen (secondary N) is 1. The van der Waals surface area contributed by atoms with Gasteiger partial charge < -0.3 is 9.64 Å². The second-order valence-electron chi connectivity index (χ2n) is 10.4. The average molecular weight is 552 g/mol. The maximum absolute atomic E-state index is 12.9. The van der Waals surface area contributed by atoms with Crippen LogP contribution in [-0.4, -0.2) is 36.1 Å². The van der Waals surface area contributed by atoms with Crippen molar-refractivity contribution in [3.05, 3.63) is 56.2 Å². The zero-order valence-electron chi connectivity index (χ0n) is 21.7. The summed E-state index contributed by atoms with van der Waals surface area (Å²) in [7, 11) is 1.37. The first-order chi connectivity index (χ1) is 15.8. The Morgan fingerprint density at radius 3 is 2.26 bits per heavy atom. The first kappa shape index (κ1) is 28.5. The summed E-state index contributed by atoms with van der Waals surface area (Å²) in [6.07, 6.45) is 2.02. The predicted molar refractivity (Wildman–Crippen MR) is 144 cm³/mol. The molecule has 34 heavy (non-hydrogen) atoms. The van der Waals surface area contributed by atoms with Gasteiger partial charge in [-0.2, -0.15) is 0 Å². The van der Waals surface area contributed by atoms with Crippen LogP contribution in [0.5, 0.6) is 0 Å². The highest BCUT2D eigenvalue weighted by molar-refractivity contribution is 9.11. The van der Waals surface area contributed by atoms with Gasteiger partial charge in [0.1, 0.15) is 6.04 Å². The van der Waals surface area contributed by atoms with Crippen molar-refractivity contribution in [1.29, 1.82) is 0 Å². The number of benzene rings is 1. The molecule has 2 aromatic rings. The summed E-state index contributed by atoms with van der Waals surface area (Å²) in [6.45, 7) is 16.1. The fourth-order valence-corrected chi connectivity index (χ4v) is 5.24. The van der Waals surface area contributed by atoms with Crippen LogP contribution in [-0.2, 0) is 16.0 Å². The number of thiophene rings is 1. The Kier molecular flexibility index (Phi) is 9.92. The molecule has 1 amide bonds. The Bertz CT molecular complexity index is 963. The zero-order chi connectivity index (χ0) is 25.7. The van der Waals surface area contributed by atoms with E-state index in [-0.39, 0.29) is 17.9 Å². The predicted octanol–water partition coefficient (Wildman–Crippen LogP) is 6.83. The Balaban J connectivity index is 0.000000440. The van der Waals surface area contributed by atoms with Gasteiger partial charge in [-0.25, -0.2) is 4.79 Å². The number of carbonyl (C=O) groups excluding carboxylic acids is 2. The lowest BCUT2D eigenvalue weighted by atomic mass is 9.81. The fraction of sp³-hybridized carbons (Fsp3) is 0.556. The SMILES string of the molecule is CCC(C)C(C)(C)C.COC(=O)c1ccc(CCN2C(=O)C(c3ccc(Br)s3)NC2(C)C)cc1. The summed E-state index contributed by atoms with van der Waals surface area (Å²) in [5.41, 5.74) is 1.70. The van der Waals surface area contributed by atoms with Crippen molar-refractivity contribution in [2.45, 2.75) is 73.0 Å². The van der Waals surface area contributed by atoms with Crippen LogP contribution in [0, 0.1) is 11.3 Å². The molecular formula is C27H39BrN2O3S. The van der Waals surface area contributed by atoms with Crippen molar-refractivity contribution in [2.75, 3.05) is 13.7 Å². The molecule has 2 unspecified atom stereocenters. The molecule has 1 saturated heterocycles. The molecule has 1 N–H and O–H groups in total. The van der Waals surface area contributed by atoms with Gasteiger partial charge in [0.05, 0.1) is 22.1 Å². The van der Waals surface area contributed by atoms with Crippen molar-refractivity contribution < 1.29 is 14.3 Å². The van der Waals surface area contributed by atoms with Gasteiger partial charge in [-0.15, -0.1) is 11.3 Å². The Hall–Kier alpha value is -1.70. The molecule has 3 rings (SSSR count). The van der Waals surface area contributed by atoms with Crippen molar-refractivity contribution in [3.8, 4) is 0 Å². The minimum atomic E-state index is -0.413. The standard InChI is InChI=1S/C19H21BrN2O3S.C8H18/c1-19(2)21-16(14-8-9-15(20)26-14)17(23)22(19)11-10-12-4-6-13(7-5-12)18(24)25-3;1-6-7(2)8(3,4)5/h4-9,16,21H,10-11H2,1-3H3;7H,6H2,1-5H3. The lowest BCUT2D eigenvalue weighted by molar-refractivity contribution is -0.131. The summed E-state index contributed by atoms with van der Waals surface area (Å²) in [5, 5.41) is 3.43. The Morgan fingerprint density at radius 2 is 1.82 bits per heavy atom. The third-order valence-electron chi connectivity index (χ3n) is 6.65. The van der Waals surface area contributed by atoms with E-state index in [9.17, 15) is 9.59 Å². The maximum atomic E-state index is 12.9. The largest absolute Gasteiger partial charge is 0.465 e. The van der Waals surface area contributed by atoms with Gasteiger partial charge in [-0.1, -0.05) is 53.2 Å². The number of hydrogen-bond acceptors (Lipinski definition) is 5. The van der Waals surface area contributed by atoms with Gasteiger partial charge in [0.25, 0.3) is 0 Å². The number of hydrogen-bond donors (Lipinski definition) is 1. The van der Waals surface area contributed by atoms with E-state index in [4.69, 9.17) is 4.74 Å². The van der Waals surface area contributed by atoms with Crippen molar-refractivity contribution >= 4 is 39.1 Å². The number of halogens is 1. The topological polar surface area (TPSA) is 58.6 Å². The zero-order valence-corrected chi connectivity index (χ0v) is 24.1. The summed E-state index contributed by atoms with van der Waals surface area (Å²) in [5.74, 6) is 0.597. The van der Waals surface area contributed by atoms with Gasteiger partial charge in [-0.3, -0.25) is 10.1 Å². The molecule has 1 aromatic heterocycles. The minimum absolute atomic E-state index is 0.0931. The number of nitrogens with zero attached hydrogens (tertiary/aromatic N) is 1. The summed E-state index contributed by atoms with van der Waals surface area (Å²) < 4.78 is 5.73. The maximum Gasteiger partial charge on any atom is 0.337 e. The monoisotopic (exact) mass is 550 g/mol. The van der Waals surface area contributed by atoms with E-state index in [1.807, 2.05) is 43.0 Å². The van der Waals surface area contributed by atoms with Gasteiger partial charge in [0, 0.05) is 11.4 Å². The van der Waals surface area contributed by atoms with Crippen LogP contribution in [0.25, 0.3) is 0 Å². The van der Waals surface area contributed by atoms with Crippen molar-refractivity contribution in [3.63, 3.8) is 0 Å². The molecule has 0 radical (unpaired) electrons. The highest BCUT2D eigenvalue weighted by Gasteiger charge is 2.45. The molecule has 188 valence electrons. The molecule has 0 spiro atoms. The van der Waals surface area contributed by atoms with Crippen molar-refractivity contribution in [2.24, 2.45) is 11.3 Å². The second kappa shape index (κ2) is 11.8. The molecule has 0 aliphatic carbocycles. The molecule has 5 nitrogen and oxygen atoms in total. The molecular weight excluding hydrogens is 512 g/mol. The number of ether oxygens (including phenoxy) is 1. The normalized spacial score (nSPS) is 18.3. The van der Waals surface area contributed by atoms with E-state index in [0.29, 0.717) is 17.5 Å². The molecule has 2 heterocycles. The average Bonchev–Trinajstić information content (AvgIpc) is 3.31. The molecule has 1 aromatic carbocycles. The summed E-state index contributed by atoms with van der Waals surface area (Å²) >= 11 is 5.03. The highest BCUT2D eigenvalue weighted by atomic mass is 79.9. The van der Waals surface area contributed by atoms with Gasteiger partial charge in [0.15, 0.2) is 0 Å². The Morgan fingerprint density at radius 1 is 1.21 bits per heavy atom. The molecule has 2 atom stereocenters. The second-order valence-corrected chi connectivity index (χ2v) is 12.9. The Labute approximate surface area is 217 Å². The summed E-state index contributed by atoms with van der Waals surface area (Å²) in [6, 6.07) is 11.0. The van der Waals surface area contributed by atoms with Crippen molar-refractivity contribution in [1.82, 2.24) is 10.2 Å². The number of esters is 1. The van der Waals surface area contributed by atoms with E-state index in [1.165, 1.54) is 13.5 Å². The lowest BCUT2D eigenvalue weighted by Gasteiger charge is -2.31. The fourth-order valence-electron chi connectivity index (χ4n) is 3.77. The van der Waals surface area contributed by atoms with Crippen LogP contribution < -0.4 is 5.32 Å². The first-order valence-electron chi connectivity index (χ1n) is 11.8. The molecule has 7 heteroatoms. The minimum Gasteiger partial charge on any atom is -0.465 e. The van der Waals surface area contributed by atoms with Crippen LogP contribution in [0.15, 0.2) is 40.2 Å². The molecule has 0 saturated carbocycles. The molecule has 1 aliphatic heterocycles.